The molecule has 5 heteroatoms. The van der Waals surface area contributed by atoms with Crippen LogP contribution in [0.3, 0.4) is 0 Å². The molecule has 16 heavy (non-hydrogen) atoms. The molecule has 0 spiro atoms. The van der Waals surface area contributed by atoms with Crippen LogP contribution in [0.15, 0.2) is 11.7 Å². The van der Waals surface area contributed by atoms with Crippen molar-refractivity contribution in [2.24, 2.45) is 5.92 Å². The highest BCUT2D eigenvalue weighted by Crippen LogP contribution is 2.33. The van der Waals surface area contributed by atoms with Gasteiger partial charge in [-0.15, -0.1) is 11.3 Å². The second kappa shape index (κ2) is 4.14. The summed E-state index contributed by atoms with van der Waals surface area (Å²) in [5.74, 6) is 0.389. The van der Waals surface area contributed by atoms with Gasteiger partial charge in [0, 0.05) is 23.2 Å². The number of rotatable bonds is 3. The highest BCUT2D eigenvalue weighted by molar-refractivity contribution is 7.09. The van der Waals surface area contributed by atoms with Crippen LogP contribution >= 0.6 is 11.3 Å². The van der Waals surface area contributed by atoms with Crippen LogP contribution in [0, 0.1) is 5.92 Å². The maximum Gasteiger partial charge on any atom is 0.225 e. The summed E-state index contributed by atoms with van der Waals surface area (Å²) in [7, 11) is 0. The summed E-state index contributed by atoms with van der Waals surface area (Å²) in [6.45, 7) is 0.622. The van der Waals surface area contributed by atoms with E-state index in [9.17, 15) is 4.79 Å². The van der Waals surface area contributed by atoms with Crippen molar-refractivity contribution in [3.05, 3.63) is 16.6 Å². The van der Waals surface area contributed by atoms with E-state index in [1.54, 1.807) is 16.8 Å². The summed E-state index contributed by atoms with van der Waals surface area (Å²) in [6.07, 6.45) is 5.22. The highest BCUT2D eigenvalue weighted by atomic mass is 32.1. The van der Waals surface area contributed by atoms with Crippen LogP contribution in [0.25, 0.3) is 0 Å². The van der Waals surface area contributed by atoms with E-state index in [-0.39, 0.29) is 11.8 Å². The minimum atomic E-state index is 0.187. The van der Waals surface area contributed by atoms with Gasteiger partial charge in [-0.25, -0.2) is 0 Å². The van der Waals surface area contributed by atoms with E-state index in [0.717, 1.165) is 17.7 Å². The van der Waals surface area contributed by atoms with Crippen LogP contribution in [0.1, 0.15) is 24.1 Å². The molecule has 2 saturated heterocycles. The molecule has 1 aromatic rings. The van der Waals surface area contributed by atoms with Crippen LogP contribution in [-0.2, 0) is 11.3 Å². The minimum Gasteiger partial charge on any atom is -0.351 e. The molecule has 2 bridgehead atoms. The molecule has 1 amide bonds. The molecule has 2 fully saturated rings. The Morgan fingerprint density at radius 3 is 3.19 bits per heavy atom. The van der Waals surface area contributed by atoms with E-state index in [1.165, 1.54) is 6.42 Å². The standard InChI is InChI=1S/C11H15N3OS/c15-11(13-5-8-4-12-6-16-8)9-3-7-1-2-10(9)14-7/h4,6-7,9-10,14H,1-3,5H2,(H,13,15). The van der Waals surface area contributed by atoms with Gasteiger partial charge in [-0.2, -0.15) is 0 Å². The first kappa shape index (κ1) is 10.2. The molecule has 1 aromatic heterocycles. The Morgan fingerprint density at radius 2 is 2.56 bits per heavy atom. The molecule has 0 saturated carbocycles. The molecule has 3 unspecified atom stereocenters. The molecule has 2 N–H and O–H groups in total. The molecular weight excluding hydrogens is 222 g/mol. The van der Waals surface area contributed by atoms with Crippen molar-refractivity contribution in [2.45, 2.75) is 37.9 Å². The quantitative estimate of drug-likeness (QED) is 0.821. The van der Waals surface area contributed by atoms with Gasteiger partial charge >= 0.3 is 0 Å². The van der Waals surface area contributed by atoms with Crippen molar-refractivity contribution in [1.29, 1.82) is 0 Å². The highest BCUT2D eigenvalue weighted by Gasteiger charge is 2.42. The number of carbonyl (C=O) groups is 1. The number of fused-ring (bicyclic) bond motifs is 2. The van der Waals surface area contributed by atoms with Crippen molar-refractivity contribution in [3.8, 4) is 0 Å². The number of hydrogen-bond acceptors (Lipinski definition) is 4. The zero-order chi connectivity index (χ0) is 11.0. The zero-order valence-electron chi connectivity index (χ0n) is 8.98. The average Bonchev–Trinajstić information content (AvgIpc) is 3.01. The van der Waals surface area contributed by atoms with Gasteiger partial charge in [-0.05, 0) is 19.3 Å². The van der Waals surface area contributed by atoms with Crippen LogP contribution < -0.4 is 10.6 Å². The summed E-state index contributed by atoms with van der Waals surface area (Å²) in [4.78, 5) is 17.1. The van der Waals surface area contributed by atoms with Crippen LogP contribution in [0.2, 0.25) is 0 Å². The van der Waals surface area contributed by atoms with Crippen molar-refractivity contribution in [1.82, 2.24) is 15.6 Å². The summed E-state index contributed by atoms with van der Waals surface area (Å²) < 4.78 is 0. The summed E-state index contributed by atoms with van der Waals surface area (Å²) in [5, 5.41) is 6.48. The lowest BCUT2D eigenvalue weighted by molar-refractivity contribution is -0.125. The van der Waals surface area contributed by atoms with Crippen molar-refractivity contribution in [2.75, 3.05) is 0 Å². The van der Waals surface area contributed by atoms with Crippen LogP contribution in [-0.4, -0.2) is 23.0 Å². The fourth-order valence-electron chi connectivity index (χ4n) is 2.75. The van der Waals surface area contributed by atoms with E-state index in [2.05, 4.69) is 15.6 Å². The Morgan fingerprint density at radius 1 is 1.62 bits per heavy atom. The summed E-state index contributed by atoms with van der Waals surface area (Å²) in [6, 6.07) is 1.01. The predicted octanol–water partition coefficient (Wildman–Crippen LogP) is 0.900. The first-order valence-corrected chi connectivity index (χ1v) is 6.62. The number of thiazole rings is 1. The van der Waals surface area contributed by atoms with E-state index in [4.69, 9.17) is 0 Å². The third-order valence-corrected chi connectivity index (χ3v) is 4.34. The maximum absolute atomic E-state index is 12.0. The number of hydrogen-bond donors (Lipinski definition) is 2. The van der Waals surface area contributed by atoms with Crippen molar-refractivity contribution >= 4 is 17.2 Å². The molecule has 3 heterocycles. The Balaban J connectivity index is 1.54. The largest absolute Gasteiger partial charge is 0.351 e. The molecule has 4 nitrogen and oxygen atoms in total. The minimum absolute atomic E-state index is 0.187. The summed E-state index contributed by atoms with van der Waals surface area (Å²) in [5.41, 5.74) is 1.79. The Labute approximate surface area is 98.5 Å². The van der Waals surface area contributed by atoms with Gasteiger partial charge in [0.2, 0.25) is 5.91 Å². The zero-order valence-corrected chi connectivity index (χ0v) is 9.80. The van der Waals surface area contributed by atoms with E-state index in [0.29, 0.717) is 18.6 Å². The molecule has 86 valence electrons. The third-order valence-electron chi connectivity index (χ3n) is 3.56. The molecule has 0 aliphatic carbocycles. The predicted molar refractivity (Wildman–Crippen MR) is 62.0 cm³/mol. The van der Waals surface area contributed by atoms with Gasteiger partial charge < -0.3 is 10.6 Å². The first-order chi connectivity index (χ1) is 7.83. The van der Waals surface area contributed by atoms with Gasteiger partial charge in [0.1, 0.15) is 0 Å². The number of aromatic nitrogens is 1. The Kier molecular flexibility index (Phi) is 2.65. The van der Waals surface area contributed by atoms with Crippen molar-refractivity contribution < 1.29 is 4.79 Å². The first-order valence-electron chi connectivity index (χ1n) is 5.74. The van der Waals surface area contributed by atoms with E-state index < -0.39 is 0 Å². The van der Waals surface area contributed by atoms with Crippen LogP contribution in [0.5, 0.6) is 0 Å². The lowest BCUT2D eigenvalue weighted by Crippen LogP contribution is -2.37. The van der Waals surface area contributed by atoms with Gasteiger partial charge in [-0.3, -0.25) is 9.78 Å². The number of amides is 1. The number of nitrogens with one attached hydrogen (secondary N) is 2. The normalized spacial score (nSPS) is 31.9. The molecule has 0 radical (unpaired) electrons. The summed E-state index contributed by atoms with van der Waals surface area (Å²) >= 11 is 1.58. The molecule has 2 aliphatic rings. The fourth-order valence-corrected chi connectivity index (χ4v) is 3.28. The Hall–Kier alpha value is -0.940. The monoisotopic (exact) mass is 237 g/mol. The molecular formula is C11H15N3OS. The molecule has 3 rings (SSSR count). The fraction of sp³-hybridized carbons (Fsp3) is 0.636. The third kappa shape index (κ3) is 1.85. The smallest absolute Gasteiger partial charge is 0.225 e. The van der Waals surface area contributed by atoms with E-state index in [1.807, 2.05) is 6.20 Å². The molecule has 0 aromatic carbocycles. The van der Waals surface area contributed by atoms with Crippen LogP contribution in [0.4, 0.5) is 0 Å². The lowest BCUT2D eigenvalue weighted by Gasteiger charge is -2.18. The lowest BCUT2D eigenvalue weighted by atomic mass is 9.88. The van der Waals surface area contributed by atoms with Gasteiger partial charge in [0.25, 0.3) is 0 Å². The number of nitrogens with zero attached hydrogens (tertiary/aromatic N) is 1. The second-order valence-corrected chi connectivity index (χ2v) is 5.55. The van der Waals surface area contributed by atoms with Crippen molar-refractivity contribution in [3.63, 3.8) is 0 Å². The molecule has 2 aliphatic heterocycles. The van der Waals surface area contributed by atoms with E-state index >= 15 is 0 Å². The topological polar surface area (TPSA) is 54.0 Å². The SMILES string of the molecule is O=C(NCc1cncs1)C1CC2CCC1N2. The Bertz CT molecular complexity index is 379. The molecule has 3 atom stereocenters. The number of carbonyl (C=O) groups excluding carboxylic acids is 1. The van der Waals surface area contributed by atoms with Gasteiger partial charge in [0.15, 0.2) is 0 Å². The van der Waals surface area contributed by atoms with Gasteiger partial charge in [0.05, 0.1) is 18.0 Å². The second-order valence-electron chi connectivity index (χ2n) is 4.58. The maximum atomic E-state index is 12.0. The van der Waals surface area contributed by atoms with Gasteiger partial charge in [-0.1, -0.05) is 0 Å². The average molecular weight is 237 g/mol.